The van der Waals surface area contributed by atoms with Crippen LogP contribution in [0.4, 0.5) is 0 Å². The number of halogens is 1. The maximum absolute atomic E-state index is 5.95. The van der Waals surface area contributed by atoms with Crippen LogP contribution in [0.25, 0.3) is 0 Å². The van der Waals surface area contributed by atoms with E-state index in [1.54, 1.807) is 11.3 Å². The van der Waals surface area contributed by atoms with Crippen LogP contribution in [-0.4, -0.2) is 18.2 Å². The molecule has 3 rings (SSSR count). The Labute approximate surface area is 105 Å². The van der Waals surface area contributed by atoms with Gasteiger partial charge in [-0.05, 0) is 43.2 Å². The van der Waals surface area contributed by atoms with Crippen LogP contribution in [-0.2, 0) is 4.74 Å². The fourth-order valence-corrected chi connectivity index (χ4v) is 3.77. The summed E-state index contributed by atoms with van der Waals surface area (Å²) in [6.45, 7) is 2.20. The van der Waals surface area contributed by atoms with E-state index in [4.69, 9.17) is 16.3 Å². The highest BCUT2D eigenvalue weighted by Gasteiger charge is 2.41. The van der Waals surface area contributed by atoms with Gasteiger partial charge in [-0.1, -0.05) is 11.6 Å². The number of rotatable bonds is 3. The van der Waals surface area contributed by atoms with Gasteiger partial charge >= 0.3 is 0 Å². The summed E-state index contributed by atoms with van der Waals surface area (Å²) in [5.41, 5.74) is 1.29. The summed E-state index contributed by atoms with van der Waals surface area (Å²) in [5, 5.41) is 5.80. The second-order valence-electron chi connectivity index (χ2n) is 4.79. The van der Waals surface area contributed by atoms with Gasteiger partial charge in [-0.2, -0.15) is 0 Å². The second kappa shape index (κ2) is 4.30. The monoisotopic (exact) mass is 257 g/mol. The Morgan fingerprint density at radius 3 is 3.00 bits per heavy atom. The van der Waals surface area contributed by atoms with E-state index >= 15 is 0 Å². The highest BCUT2D eigenvalue weighted by molar-refractivity contribution is 7.14. The molecule has 4 heteroatoms. The molecule has 0 aromatic carbocycles. The Morgan fingerprint density at radius 2 is 2.44 bits per heavy atom. The van der Waals surface area contributed by atoms with Crippen molar-refractivity contribution in [3.05, 3.63) is 21.3 Å². The van der Waals surface area contributed by atoms with Crippen molar-refractivity contribution in [1.82, 2.24) is 5.32 Å². The second-order valence-corrected chi connectivity index (χ2v) is 6.33. The fraction of sp³-hybridized carbons (Fsp3) is 0.667. The summed E-state index contributed by atoms with van der Waals surface area (Å²) in [6.07, 6.45) is 4.61. The van der Waals surface area contributed by atoms with Crippen LogP contribution < -0.4 is 5.32 Å². The molecule has 0 saturated carbocycles. The first-order valence-corrected chi connectivity index (χ1v) is 7.13. The number of ether oxygens (including phenoxy) is 1. The molecule has 2 bridgehead atoms. The van der Waals surface area contributed by atoms with Crippen molar-refractivity contribution in [3.8, 4) is 0 Å². The molecule has 16 heavy (non-hydrogen) atoms. The summed E-state index contributed by atoms with van der Waals surface area (Å²) in [7, 11) is 0. The van der Waals surface area contributed by atoms with E-state index in [0.717, 1.165) is 4.34 Å². The molecule has 4 atom stereocenters. The summed E-state index contributed by atoms with van der Waals surface area (Å²) in [4.78, 5) is 0. The maximum atomic E-state index is 5.95. The highest BCUT2D eigenvalue weighted by atomic mass is 35.5. The van der Waals surface area contributed by atoms with E-state index in [-0.39, 0.29) is 0 Å². The smallest absolute Gasteiger partial charge is 0.0931 e. The fourth-order valence-electron chi connectivity index (χ4n) is 2.78. The highest BCUT2D eigenvalue weighted by Crippen LogP contribution is 2.35. The minimum absolute atomic E-state index is 0.372. The molecule has 2 saturated heterocycles. The number of thiophene rings is 1. The van der Waals surface area contributed by atoms with Gasteiger partial charge in [-0.15, -0.1) is 11.3 Å². The number of nitrogens with one attached hydrogen (secondary N) is 1. The molecule has 0 amide bonds. The number of fused-ring (bicyclic) bond motifs is 2. The molecular weight excluding hydrogens is 242 g/mol. The molecule has 2 aliphatic heterocycles. The van der Waals surface area contributed by atoms with E-state index in [9.17, 15) is 0 Å². The average Bonchev–Trinajstić information content (AvgIpc) is 2.92. The molecule has 1 aromatic heterocycles. The lowest BCUT2D eigenvalue weighted by atomic mass is 9.94. The van der Waals surface area contributed by atoms with Crippen molar-refractivity contribution < 1.29 is 4.74 Å². The van der Waals surface area contributed by atoms with Crippen molar-refractivity contribution in [2.24, 2.45) is 0 Å². The quantitative estimate of drug-likeness (QED) is 0.897. The van der Waals surface area contributed by atoms with E-state index in [1.807, 2.05) is 0 Å². The molecule has 4 unspecified atom stereocenters. The first-order chi connectivity index (χ1) is 7.72. The van der Waals surface area contributed by atoms with Crippen LogP contribution in [0.3, 0.4) is 0 Å². The van der Waals surface area contributed by atoms with Crippen molar-refractivity contribution in [3.63, 3.8) is 0 Å². The molecule has 0 radical (unpaired) electrons. The minimum atomic E-state index is 0.372. The molecule has 0 spiro atoms. The van der Waals surface area contributed by atoms with Crippen LogP contribution in [0.15, 0.2) is 11.4 Å². The van der Waals surface area contributed by atoms with Crippen molar-refractivity contribution in [2.45, 2.75) is 50.5 Å². The lowest BCUT2D eigenvalue weighted by Gasteiger charge is -2.24. The SMILES string of the molecule is CC(NC1CC2CCC1O2)c1csc(Cl)c1. The van der Waals surface area contributed by atoms with Gasteiger partial charge in [-0.25, -0.2) is 0 Å². The van der Waals surface area contributed by atoms with Crippen LogP contribution in [0.5, 0.6) is 0 Å². The van der Waals surface area contributed by atoms with Gasteiger partial charge < -0.3 is 10.1 Å². The van der Waals surface area contributed by atoms with E-state index in [1.165, 1.54) is 24.8 Å². The predicted octanol–water partition coefficient (Wildman–Crippen LogP) is 3.37. The topological polar surface area (TPSA) is 21.3 Å². The Hall–Kier alpha value is -0.0900. The van der Waals surface area contributed by atoms with Gasteiger partial charge in [-0.3, -0.25) is 0 Å². The Balaban J connectivity index is 1.62. The largest absolute Gasteiger partial charge is 0.373 e. The van der Waals surface area contributed by atoms with Crippen molar-refractivity contribution in [2.75, 3.05) is 0 Å². The van der Waals surface area contributed by atoms with E-state index < -0.39 is 0 Å². The van der Waals surface area contributed by atoms with Gasteiger partial charge in [0.2, 0.25) is 0 Å². The predicted molar refractivity (Wildman–Crippen MR) is 67.2 cm³/mol. The molecule has 2 nitrogen and oxygen atoms in total. The Bertz CT molecular complexity index is 381. The van der Waals surface area contributed by atoms with Crippen LogP contribution >= 0.6 is 22.9 Å². The molecular formula is C12H16ClNOS. The zero-order valence-corrected chi connectivity index (χ0v) is 10.9. The van der Waals surface area contributed by atoms with Gasteiger partial charge in [0.1, 0.15) is 0 Å². The minimum Gasteiger partial charge on any atom is -0.373 e. The number of hydrogen-bond donors (Lipinski definition) is 1. The first kappa shape index (κ1) is 11.0. The van der Waals surface area contributed by atoms with E-state index in [0.29, 0.717) is 24.3 Å². The summed E-state index contributed by atoms with van der Waals surface area (Å²) in [5.74, 6) is 0. The van der Waals surface area contributed by atoms with E-state index in [2.05, 4.69) is 23.7 Å². The third-order valence-electron chi connectivity index (χ3n) is 3.66. The Morgan fingerprint density at radius 1 is 1.56 bits per heavy atom. The van der Waals surface area contributed by atoms with Crippen LogP contribution in [0, 0.1) is 0 Å². The molecule has 0 aliphatic carbocycles. The summed E-state index contributed by atoms with van der Waals surface area (Å²) in [6, 6.07) is 2.96. The molecule has 2 fully saturated rings. The maximum Gasteiger partial charge on any atom is 0.0931 e. The third kappa shape index (κ3) is 2.02. The van der Waals surface area contributed by atoms with Crippen LogP contribution in [0.2, 0.25) is 4.34 Å². The zero-order valence-electron chi connectivity index (χ0n) is 9.28. The standard InChI is InChI=1S/C12H16ClNOS/c1-7(8-4-12(13)16-6-8)14-10-5-9-2-3-11(10)15-9/h4,6-7,9-11,14H,2-3,5H2,1H3. The molecule has 88 valence electrons. The molecule has 3 heterocycles. The van der Waals surface area contributed by atoms with Crippen LogP contribution in [0.1, 0.15) is 37.8 Å². The van der Waals surface area contributed by atoms with Gasteiger partial charge in [0.25, 0.3) is 0 Å². The van der Waals surface area contributed by atoms with Crippen molar-refractivity contribution >= 4 is 22.9 Å². The molecule has 2 aliphatic rings. The third-order valence-corrected chi connectivity index (χ3v) is 4.77. The van der Waals surface area contributed by atoms with Gasteiger partial charge in [0.05, 0.1) is 16.5 Å². The Kier molecular flexibility index (Phi) is 2.96. The summed E-state index contributed by atoms with van der Waals surface area (Å²) < 4.78 is 6.71. The zero-order chi connectivity index (χ0) is 11.1. The van der Waals surface area contributed by atoms with Crippen molar-refractivity contribution in [1.29, 1.82) is 0 Å². The molecule has 1 N–H and O–H groups in total. The van der Waals surface area contributed by atoms with Gasteiger partial charge in [0, 0.05) is 12.1 Å². The lowest BCUT2D eigenvalue weighted by molar-refractivity contribution is 0.0963. The molecule has 1 aromatic rings. The lowest BCUT2D eigenvalue weighted by Crippen LogP contribution is -2.38. The normalized spacial score (nSPS) is 34.5. The first-order valence-electron chi connectivity index (χ1n) is 5.88. The number of hydrogen-bond acceptors (Lipinski definition) is 3. The average molecular weight is 258 g/mol. The van der Waals surface area contributed by atoms with Gasteiger partial charge in [0.15, 0.2) is 0 Å². The summed E-state index contributed by atoms with van der Waals surface area (Å²) >= 11 is 7.55.